The van der Waals surface area contributed by atoms with E-state index in [4.69, 9.17) is 4.74 Å². The zero-order chi connectivity index (χ0) is 7.03. The van der Waals surface area contributed by atoms with Crippen LogP contribution in [0.25, 0.3) is 0 Å². The predicted molar refractivity (Wildman–Crippen MR) is 39.3 cm³/mol. The smallest absolute Gasteiger partial charge is 0.205 e. The van der Waals surface area contributed by atoms with Gasteiger partial charge in [0.15, 0.2) is 0 Å². The first-order valence-corrected chi connectivity index (χ1v) is 3.80. The zero-order valence-electron chi connectivity index (χ0n) is 6.18. The summed E-state index contributed by atoms with van der Waals surface area (Å²) in [5.74, 6) is 0.940. The summed E-state index contributed by atoms with van der Waals surface area (Å²) in [6.07, 6.45) is 1.09. The molecule has 2 aliphatic heterocycles. The van der Waals surface area contributed by atoms with Gasteiger partial charge in [-0.3, -0.25) is 10.3 Å². The van der Waals surface area contributed by atoms with Gasteiger partial charge in [0, 0.05) is 6.54 Å². The van der Waals surface area contributed by atoms with Crippen molar-refractivity contribution in [1.82, 2.24) is 5.32 Å². The van der Waals surface area contributed by atoms with E-state index in [1.54, 1.807) is 0 Å². The first-order chi connectivity index (χ1) is 4.87. The molecule has 1 fully saturated rings. The standard InChI is InChI=1S/C7H12N2O/c1-2-7(5-9-7)6-8-3-4-10-6/h9H,2-5H2,1H3. The molecule has 1 N–H and O–H groups in total. The van der Waals surface area contributed by atoms with E-state index in [1.807, 2.05) is 0 Å². The second-order valence-corrected chi connectivity index (χ2v) is 2.82. The monoisotopic (exact) mass is 140 g/mol. The lowest BCUT2D eigenvalue weighted by Crippen LogP contribution is -2.27. The van der Waals surface area contributed by atoms with Gasteiger partial charge < -0.3 is 4.74 Å². The maximum atomic E-state index is 5.36. The van der Waals surface area contributed by atoms with Gasteiger partial charge in [-0.25, -0.2) is 0 Å². The van der Waals surface area contributed by atoms with Gasteiger partial charge in [0.2, 0.25) is 5.90 Å². The van der Waals surface area contributed by atoms with E-state index in [-0.39, 0.29) is 5.54 Å². The Hall–Kier alpha value is -0.570. The Morgan fingerprint density at radius 2 is 2.60 bits per heavy atom. The van der Waals surface area contributed by atoms with Gasteiger partial charge in [0.25, 0.3) is 0 Å². The first kappa shape index (κ1) is 6.16. The van der Waals surface area contributed by atoms with Crippen LogP contribution in [-0.4, -0.2) is 31.1 Å². The maximum absolute atomic E-state index is 5.36. The highest BCUT2D eigenvalue weighted by Crippen LogP contribution is 2.25. The number of rotatable bonds is 2. The van der Waals surface area contributed by atoms with E-state index in [9.17, 15) is 0 Å². The molecular weight excluding hydrogens is 128 g/mol. The summed E-state index contributed by atoms with van der Waals surface area (Å²) in [7, 11) is 0. The van der Waals surface area contributed by atoms with Crippen molar-refractivity contribution in [3.8, 4) is 0 Å². The molecule has 0 aromatic rings. The first-order valence-electron chi connectivity index (χ1n) is 3.80. The molecule has 1 saturated heterocycles. The fourth-order valence-electron chi connectivity index (χ4n) is 1.28. The van der Waals surface area contributed by atoms with Crippen molar-refractivity contribution in [3.63, 3.8) is 0 Å². The topological polar surface area (TPSA) is 43.5 Å². The van der Waals surface area contributed by atoms with Gasteiger partial charge in [0.05, 0.1) is 6.54 Å². The van der Waals surface area contributed by atoms with Crippen LogP contribution in [0.4, 0.5) is 0 Å². The fourth-order valence-corrected chi connectivity index (χ4v) is 1.28. The Kier molecular flexibility index (Phi) is 1.20. The normalized spacial score (nSPS) is 37.1. The average molecular weight is 140 g/mol. The molecular formula is C7H12N2O. The molecule has 0 aromatic carbocycles. The van der Waals surface area contributed by atoms with Crippen molar-refractivity contribution >= 4 is 5.90 Å². The van der Waals surface area contributed by atoms with Crippen LogP contribution in [0.5, 0.6) is 0 Å². The van der Waals surface area contributed by atoms with Gasteiger partial charge in [-0.15, -0.1) is 0 Å². The average Bonchev–Trinajstić information content (AvgIpc) is 2.58. The third-order valence-electron chi connectivity index (χ3n) is 2.20. The van der Waals surface area contributed by atoms with Crippen molar-refractivity contribution in [1.29, 1.82) is 0 Å². The Morgan fingerprint density at radius 1 is 1.80 bits per heavy atom. The van der Waals surface area contributed by atoms with Crippen LogP contribution in [-0.2, 0) is 4.74 Å². The molecule has 3 heteroatoms. The molecule has 0 bridgehead atoms. The number of ether oxygens (including phenoxy) is 1. The van der Waals surface area contributed by atoms with Gasteiger partial charge >= 0.3 is 0 Å². The van der Waals surface area contributed by atoms with E-state index < -0.39 is 0 Å². The largest absolute Gasteiger partial charge is 0.478 e. The minimum absolute atomic E-state index is 0.149. The summed E-state index contributed by atoms with van der Waals surface area (Å²) >= 11 is 0. The second-order valence-electron chi connectivity index (χ2n) is 2.82. The quantitative estimate of drug-likeness (QED) is 0.555. The number of hydrogen-bond acceptors (Lipinski definition) is 3. The van der Waals surface area contributed by atoms with Crippen molar-refractivity contribution in [2.24, 2.45) is 4.99 Å². The molecule has 0 saturated carbocycles. The summed E-state index contributed by atoms with van der Waals surface area (Å²) in [6.45, 7) is 4.82. The molecule has 2 aliphatic rings. The molecule has 2 heterocycles. The summed E-state index contributed by atoms with van der Waals surface area (Å²) in [5.41, 5.74) is 0.149. The van der Waals surface area contributed by atoms with Crippen molar-refractivity contribution in [2.75, 3.05) is 19.7 Å². The van der Waals surface area contributed by atoms with Crippen LogP contribution in [0.3, 0.4) is 0 Å². The molecule has 1 atom stereocenters. The highest BCUT2D eigenvalue weighted by atomic mass is 16.5. The molecule has 56 valence electrons. The SMILES string of the molecule is CCC1(C2=NCCO2)CN1. The molecule has 0 aliphatic carbocycles. The molecule has 0 spiro atoms. The minimum atomic E-state index is 0.149. The maximum Gasteiger partial charge on any atom is 0.205 e. The summed E-state index contributed by atoms with van der Waals surface area (Å²) in [4.78, 5) is 4.27. The van der Waals surface area contributed by atoms with Crippen LogP contribution >= 0.6 is 0 Å². The number of aliphatic imine (C=N–C) groups is 1. The predicted octanol–water partition coefficient (Wildman–Crippen LogP) is 0.167. The molecule has 0 amide bonds. The number of hydrogen-bond donors (Lipinski definition) is 1. The number of nitrogens with one attached hydrogen (secondary N) is 1. The van der Waals surface area contributed by atoms with Crippen LogP contribution in [0.15, 0.2) is 4.99 Å². The third-order valence-corrected chi connectivity index (χ3v) is 2.20. The second kappa shape index (κ2) is 1.95. The van der Waals surface area contributed by atoms with Gasteiger partial charge in [-0.05, 0) is 6.42 Å². The van der Waals surface area contributed by atoms with E-state index in [0.717, 1.165) is 32.0 Å². The molecule has 1 unspecified atom stereocenters. The van der Waals surface area contributed by atoms with Crippen molar-refractivity contribution < 1.29 is 4.74 Å². The molecule has 2 rings (SSSR count). The van der Waals surface area contributed by atoms with Crippen molar-refractivity contribution in [3.05, 3.63) is 0 Å². The number of nitrogens with zero attached hydrogens (tertiary/aromatic N) is 1. The van der Waals surface area contributed by atoms with Gasteiger partial charge in [-0.2, -0.15) is 0 Å². The Balaban J connectivity index is 2.10. The van der Waals surface area contributed by atoms with E-state index in [1.165, 1.54) is 0 Å². The van der Waals surface area contributed by atoms with Gasteiger partial charge in [-0.1, -0.05) is 6.92 Å². The molecule has 0 radical (unpaired) electrons. The minimum Gasteiger partial charge on any atom is -0.478 e. The molecule has 10 heavy (non-hydrogen) atoms. The summed E-state index contributed by atoms with van der Waals surface area (Å²) in [5, 5.41) is 3.28. The van der Waals surface area contributed by atoms with Crippen LogP contribution in [0.2, 0.25) is 0 Å². The molecule has 0 aromatic heterocycles. The van der Waals surface area contributed by atoms with Crippen LogP contribution in [0, 0.1) is 0 Å². The van der Waals surface area contributed by atoms with Crippen LogP contribution in [0.1, 0.15) is 13.3 Å². The zero-order valence-corrected chi connectivity index (χ0v) is 6.18. The van der Waals surface area contributed by atoms with Crippen LogP contribution < -0.4 is 5.32 Å². The highest BCUT2D eigenvalue weighted by molar-refractivity contribution is 5.90. The summed E-state index contributed by atoms with van der Waals surface area (Å²) < 4.78 is 5.36. The lowest BCUT2D eigenvalue weighted by molar-refractivity contribution is 0.327. The third kappa shape index (κ3) is 0.736. The Bertz CT molecular complexity index is 172. The van der Waals surface area contributed by atoms with Crippen molar-refractivity contribution in [2.45, 2.75) is 18.9 Å². The lowest BCUT2D eigenvalue weighted by atomic mass is 10.1. The Morgan fingerprint density at radius 3 is 3.00 bits per heavy atom. The molecule has 3 nitrogen and oxygen atoms in total. The van der Waals surface area contributed by atoms with Gasteiger partial charge in [0.1, 0.15) is 12.1 Å². The Labute approximate surface area is 60.5 Å². The highest BCUT2D eigenvalue weighted by Gasteiger charge is 2.47. The summed E-state index contributed by atoms with van der Waals surface area (Å²) in [6, 6.07) is 0. The van der Waals surface area contributed by atoms with E-state index >= 15 is 0 Å². The lowest BCUT2D eigenvalue weighted by Gasteiger charge is -2.08. The van der Waals surface area contributed by atoms with E-state index in [0.29, 0.717) is 0 Å². The van der Waals surface area contributed by atoms with E-state index in [2.05, 4.69) is 17.2 Å². The fraction of sp³-hybridized carbons (Fsp3) is 0.857.